The molecule has 0 radical (unpaired) electrons. The Hall–Kier alpha value is -0.620. The minimum Gasteiger partial charge on any atom is -0.353 e. The third kappa shape index (κ3) is 4.45. The van der Waals surface area contributed by atoms with Gasteiger partial charge in [0.2, 0.25) is 5.91 Å². The van der Waals surface area contributed by atoms with Crippen LogP contribution in [0.1, 0.15) is 30.7 Å². The fourth-order valence-electron chi connectivity index (χ4n) is 2.30. The first-order chi connectivity index (χ1) is 8.68. The zero-order valence-corrected chi connectivity index (χ0v) is 12.8. The van der Waals surface area contributed by atoms with Gasteiger partial charge in [0.05, 0.1) is 12.1 Å². The first-order valence-electron chi connectivity index (χ1n) is 6.49. The van der Waals surface area contributed by atoms with Crippen LogP contribution in [-0.2, 0) is 4.79 Å². The van der Waals surface area contributed by atoms with Crippen LogP contribution in [0.15, 0.2) is 17.5 Å². The number of carbonyl (C=O) groups excluding carboxylic acids is 1. The van der Waals surface area contributed by atoms with Gasteiger partial charge in [-0.1, -0.05) is 6.07 Å². The third-order valence-corrected chi connectivity index (χ3v) is 4.31. The van der Waals surface area contributed by atoms with E-state index in [0.717, 1.165) is 13.1 Å². The predicted octanol–water partition coefficient (Wildman–Crippen LogP) is 1.77. The van der Waals surface area contributed by atoms with Gasteiger partial charge in [-0.05, 0) is 44.3 Å². The predicted molar refractivity (Wildman–Crippen MR) is 81.8 cm³/mol. The van der Waals surface area contributed by atoms with Crippen molar-refractivity contribution in [1.29, 1.82) is 0 Å². The summed E-state index contributed by atoms with van der Waals surface area (Å²) in [6.07, 6.45) is 2.51. The number of halogens is 1. The van der Waals surface area contributed by atoms with E-state index in [-0.39, 0.29) is 18.3 Å². The van der Waals surface area contributed by atoms with Crippen molar-refractivity contribution in [2.75, 3.05) is 19.6 Å². The highest BCUT2D eigenvalue weighted by Gasteiger charge is 2.24. The number of nitrogens with zero attached hydrogens (tertiary/aromatic N) is 1. The fraction of sp³-hybridized carbons (Fsp3) is 0.615. The average molecular weight is 304 g/mol. The molecule has 6 heteroatoms. The highest BCUT2D eigenvalue weighted by Crippen LogP contribution is 2.27. The van der Waals surface area contributed by atoms with Gasteiger partial charge in [-0.2, -0.15) is 0 Å². The molecule has 0 aromatic carbocycles. The molecule has 108 valence electrons. The van der Waals surface area contributed by atoms with Crippen molar-refractivity contribution in [2.45, 2.75) is 31.8 Å². The van der Waals surface area contributed by atoms with Gasteiger partial charge in [0.25, 0.3) is 0 Å². The van der Waals surface area contributed by atoms with E-state index in [1.54, 1.807) is 18.3 Å². The summed E-state index contributed by atoms with van der Waals surface area (Å²) < 4.78 is 0. The van der Waals surface area contributed by atoms with Crippen LogP contribution in [0.2, 0.25) is 0 Å². The summed E-state index contributed by atoms with van der Waals surface area (Å²) in [5, 5.41) is 5.04. The molecule has 2 atom stereocenters. The molecule has 0 saturated carbocycles. The lowest BCUT2D eigenvalue weighted by molar-refractivity contribution is -0.122. The molecule has 19 heavy (non-hydrogen) atoms. The maximum Gasteiger partial charge on any atom is 0.236 e. The number of hydrogen-bond acceptors (Lipinski definition) is 4. The average Bonchev–Trinajstić information content (AvgIpc) is 3.01. The van der Waals surface area contributed by atoms with E-state index in [1.807, 2.05) is 0 Å². The molecular formula is C13H22ClN3OS. The number of carbonyl (C=O) groups is 1. The molecule has 0 bridgehead atoms. The van der Waals surface area contributed by atoms with E-state index >= 15 is 0 Å². The third-order valence-electron chi connectivity index (χ3n) is 3.34. The summed E-state index contributed by atoms with van der Waals surface area (Å²) in [7, 11) is 0. The molecule has 4 nitrogen and oxygen atoms in total. The van der Waals surface area contributed by atoms with E-state index < -0.39 is 6.04 Å². The standard InChI is InChI=1S/C13H21N3OS.ClH/c1-10(14)13(17)15-9-11(12-5-4-8-18-12)16-6-2-3-7-16;/h4-5,8,10-11H,2-3,6-7,9,14H2,1H3,(H,15,17);1H. The Labute approximate surface area is 124 Å². The van der Waals surface area contributed by atoms with Crippen LogP contribution in [-0.4, -0.2) is 36.5 Å². The first kappa shape index (κ1) is 16.4. The monoisotopic (exact) mass is 303 g/mol. The summed E-state index contributed by atoms with van der Waals surface area (Å²) in [6.45, 7) is 4.61. The number of nitrogens with two attached hydrogens (primary N) is 1. The number of amides is 1. The van der Waals surface area contributed by atoms with Crippen LogP contribution < -0.4 is 11.1 Å². The van der Waals surface area contributed by atoms with Gasteiger partial charge in [0.15, 0.2) is 0 Å². The number of hydrogen-bond donors (Lipinski definition) is 2. The molecule has 0 aliphatic carbocycles. The van der Waals surface area contributed by atoms with Crippen LogP contribution in [0.25, 0.3) is 0 Å². The van der Waals surface area contributed by atoms with Crippen molar-refractivity contribution in [1.82, 2.24) is 10.2 Å². The Balaban J connectivity index is 0.00000180. The van der Waals surface area contributed by atoms with Crippen molar-refractivity contribution in [2.24, 2.45) is 5.73 Å². The molecule has 0 spiro atoms. The molecule has 1 fully saturated rings. The topological polar surface area (TPSA) is 58.4 Å². The largest absolute Gasteiger partial charge is 0.353 e. The zero-order valence-electron chi connectivity index (χ0n) is 11.2. The van der Waals surface area contributed by atoms with Crippen LogP contribution in [0.3, 0.4) is 0 Å². The van der Waals surface area contributed by atoms with Crippen molar-refractivity contribution < 1.29 is 4.79 Å². The Morgan fingerprint density at radius 1 is 1.53 bits per heavy atom. The van der Waals surface area contributed by atoms with Crippen molar-refractivity contribution >= 4 is 29.7 Å². The SMILES string of the molecule is CC(N)C(=O)NCC(c1cccs1)N1CCCC1.Cl. The molecule has 2 rings (SSSR count). The van der Waals surface area contributed by atoms with E-state index in [0.29, 0.717) is 12.6 Å². The van der Waals surface area contributed by atoms with Gasteiger partial charge >= 0.3 is 0 Å². The molecule has 2 heterocycles. The molecule has 2 unspecified atom stereocenters. The number of nitrogens with one attached hydrogen (secondary N) is 1. The van der Waals surface area contributed by atoms with E-state index in [9.17, 15) is 4.79 Å². The smallest absolute Gasteiger partial charge is 0.236 e. The maximum absolute atomic E-state index is 11.6. The summed E-state index contributed by atoms with van der Waals surface area (Å²) in [6, 6.07) is 4.07. The summed E-state index contributed by atoms with van der Waals surface area (Å²) >= 11 is 1.75. The molecule has 3 N–H and O–H groups in total. The normalized spacial score (nSPS) is 18.6. The van der Waals surface area contributed by atoms with Gasteiger partial charge in [-0.25, -0.2) is 0 Å². The van der Waals surface area contributed by atoms with Gasteiger partial charge in [0.1, 0.15) is 0 Å². The highest BCUT2D eigenvalue weighted by molar-refractivity contribution is 7.10. The van der Waals surface area contributed by atoms with Crippen LogP contribution in [0.4, 0.5) is 0 Å². The Kier molecular flexibility index (Phi) is 6.79. The molecule has 1 aromatic rings. The summed E-state index contributed by atoms with van der Waals surface area (Å²) in [4.78, 5) is 15.4. The lowest BCUT2D eigenvalue weighted by Crippen LogP contribution is -2.42. The van der Waals surface area contributed by atoms with Crippen molar-refractivity contribution in [3.05, 3.63) is 22.4 Å². The van der Waals surface area contributed by atoms with Gasteiger partial charge in [-0.15, -0.1) is 23.7 Å². The van der Waals surface area contributed by atoms with Gasteiger partial charge in [-0.3, -0.25) is 9.69 Å². The quantitative estimate of drug-likeness (QED) is 0.871. The second-order valence-electron chi connectivity index (χ2n) is 4.81. The van der Waals surface area contributed by atoms with Crippen LogP contribution in [0.5, 0.6) is 0 Å². The lowest BCUT2D eigenvalue weighted by atomic mass is 10.2. The minimum atomic E-state index is -0.437. The highest BCUT2D eigenvalue weighted by atomic mass is 35.5. The van der Waals surface area contributed by atoms with Crippen LogP contribution >= 0.6 is 23.7 Å². The Bertz CT molecular complexity index is 377. The second kappa shape index (κ2) is 7.85. The maximum atomic E-state index is 11.6. The minimum absolute atomic E-state index is 0. The Morgan fingerprint density at radius 3 is 2.74 bits per heavy atom. The summed E-state index contributed by atoms with van der Waals surface area (Å²) in [5.74, 6) is -0.0734. The first-order valence-corrected chi connectivity index (χ1v) is 7.37. The molecular weight excluding hydrogens is 282 g/mol. The molecule has 1 aromatic heterocycles. The molecule has 1 aliphatic rings. The lowest BCUT2D eigenvalue weighted by Gasteiger charge is -2.27. The zero-order chi connectivity index (χ0) is 13.0. The number of likely N-dealkylation sites (tertiary alicyclic amines) is 1. The van der Waals surface area contributed by atoms with Crippen LogP contribution in [0, 0.1) is 0 Å². The fourth-order valence-corrected chi connectivity index (χ4v) is 3.16. The molecule has 1 amide bonds. The van der Waals surface area contributed by atoms with Crippen molar-refractivity contribution in [3.8, 4) is 0 Å². The number of rotatable bonds is 5. The van der Waals surface area contributed by atoms with E-state index in [1.165, 1.54) is 17.7 Å². The van der Waals surface area contributed by atoms with Crippen molar-refractivity contribution in [3.63, 3.8) is 0 Å². The van der Waals surface area contributed by atoms with E-state index in [4.69, 9.17) is 5.73 Å². The van der Waals surface area contributed by atoms with E-state index in [2.05, 4.69) is 27.7 Å². The number of thiophene rings is 1. The second-order valence-corrected chi connectivity index (χ2v) is 5.79. The summed E-state index contributed by atoms with van der Waals surface area (Å²) in [5.41, 5.74) is 5.57. The van der Waals surface area contributed by atoms with Gasteiger partial charge in [0, 0.05) is 11.4 Å². The van der Waals surface area contributed by atoms with Gasteiger partial charge < -0.3 is 11.1 Å². The molecule has 1 saturated heterocycles. The Morgan fingerprint density at radius 2 is 2.21 bits per heavy atom. The molecule has 1 aliphatic heterocycles.